The van der Waals surface area contributed by atoms with Crippen LogP contribution in [0, 0.1) is 29.4 Å². The van der Waals surface area contributed by atoms with E-state index in [9.17, 15) is 52.9 Å². The highest BCUT2D eigenvalue weighted by Crippen LogP contribution is 2.30. The molecule has 3 rings (SSSR count). The zero-order chi connectivity index (χ0) is 35.7. The summed E-state index contributed by atoms with van der Waals surface area (Å²) in [5.41, 5.74) is 0.128. The Morgan fingerprint density at radius 2 is 1.46 bits per heavy atom. The Kier molecular flexibility index (Phi) is 13.1. The molecule has 13 nitrogen and oxygen atoms in total. The highest BCUT2D eigenvalue weighted by molar-refractivity contribution is 5.98. The quantitative estimate of drug-likeness (QED) is 0.161. The van der Waals surface area contributed by atoms with E-state index < -0.39 is 95.7 Å². The average molecular weight is 676 g/mol. The predicted molar refractivity (Wildman–Crippen MR) is 165 cm³/mol. The van der Waals surface area contributed by atoms with Crippen molar-refractivity contribution < 1.29 is 57.6 Å². The van der Waals surface area contributed by atoms with E-state index in [1.807, 2.05) is 0 Å². The van der Waals surface area contributed by atoms with Gasteiger partial charge in [-0.2, -0.15) is 0 Å². The zero-order valence-corrected chi connectivity index (χ0v) is 26.6. The van der Waals surface area contributed by atoms with Crippen LogP contribution in [0.4, 0.5) is 8.78 Å². The number of halogens is 2. The molecule has 260 valence electrons. The first kappa shape index (κ1) is 37.5. The van der Waals surface area contributed by atoms with E-state index >= 15 is 0 Å². The number of aliphatic hydroxyl groups is 1. The van der Waals surface area contributed by atoms with Crippen molar-refractivity contribution in [3.05, 3.63) is 70.8 Å². The molecule has 0 bridgehead atoms. The summed E-state index contributed by atoms with van der Waals surface area (Å²) < 4.78 is 32.6. The molecule has 0 saturated heterocycles. The monoisotopic (exact) mass is 675 g/mol. The van der Waals surface area contributed by atoms with Crippen LogP contribution in [0.3, 0.4) is 0 Å². The summed E-state index contributed by atoms with van der Waals surface area (Å²) >= 11 is 0. The van der Waals surface area contributed by atoms with E-state index in [0.29, 0.717) is 6.07 Å². The Hall–Kier alpha value is -4.92. The molecule has 3 amide bonds. The van der Waals surface area contributed by atoms with E-state index in [1.165, 1.54) is 24.3 Å². The van der Waals surface area contributed by atoms with Crippen molar-refractivity contribution in [3.63, 3.8) is 0 Å². The summed E-state index contributed by atoms with van der Waals surface area (Å²) in [6, 6.07) is 4.90. The van der Waals surface area contributed by atoms with E-state index in [4.69, 9.17) is 0 Å². The van der Waals surface area contributed by atoms with Crippen molar-refractivity contribution in [1.29, 1.82) is 0 Å². The molecule has 15 heteroatoms. The molecule has 1 aliphatic rings. The molecular formula is C33H39F2N3O10. The number of methoxy groups -OCH3 is 1. The first-order valence-corrected chi connectivity index (χ1v) is 15.3. The molecule has 2 aromatic rings. The minimum absolute atomic E-state index is 0.000459. The molecule has 0 radical (unpaired) electrons. The summed E-state index contributed by atoms with van der Waals surface area (Å²) in [5.74, 6) is -9.58. The number of nitrogens with one attached hydrogen (secondary N) is 3. The van der Waals surface area contributed by atoms with Crippen LogP contribution in [0.25, 0.3) is 0 Å². The van der Waals surface area contributed by atoms with Crippen molar-refractivity contribution in [2.45, 2.75) is 70.2 Å². The minimum Gasteiger partial charge on any atom is -0.481 e. The SMILES string of the molecule is COC(=O)c1cccc(C(=O)N[C@@H](Cc2cc(F)cc(F)c2)[C@@H](O)CC(=O)N[C@H](C(=O)NC2CC(C(=O)O)C[C@H](C(=O)O)C2)C(C)C)c1. The second kappa shape index (κ2) is 16.8. The van der Waals surface area contributed by atoms with Gasteiger partial charge in [0.1, 0.15) is 17.7 Å². The molecule has 6 N–H and O–H groups in total. The highest BCUT2D eigenvalue weighted by Gasteiger charge is 2.38. The largest absolute Gasteiger partial charge is 0.481 e. The van der Waals surface area contributed by atoms with E-state index in [-0.39, 0.29) is 42.4 Å². The smallest absolute Gasteiger partial charge is 0.337 e. The maximum Gasteiger partial charge on any atom is 0.337 e. The number of ether oxygens (including phenoxy) is 1. The number of carboxylic acids is 2. The fourth-order valence-electron chi connectivity index (χ4n) is 5.65. The topological polar surface area (TPSA) is 208 Å². The third kappa shape index (κ3) is 10.6. The number of esters is 1. The number of carbonyl (C=O) groups excluding carboxylic acids is 4. The number of amides is 3. The first-order chi connectivity index (χ1) is 22.6. The molecule has 2 unspecified atom stereocenters. The van der Waals surface area contributed by atoms with Gasteiger partial charge in [-0.25, -0.2) is 13.6 Å². The minimum atomic E-state index is -1.63. The second-order valence-electron chi connectivity index (χ2n) is 12.2. The van der Waals surface area contributed by atoms with Gasteiger partial charge < -0.3 is 36.0 Å². The Labute approximate surface area is 275 Å². The van der Waals surface area contributed by atoms with Gasteiger partial charge in [0, 0.05) is 17.7 Å². The fourth-order valence-corrected chi connectivity index (χ4v) is 5.65. The molecule has 1 saturated carbocycles. The normalized spacial score (nSPS) is 19.4. The van der Waals surface area contributed by atoms with Crippen LogP contribution >= 0.6 is 0 Å². The number of aliphatic hydroxyl groups excluding tert-OH is 1. The van der Waals surface area contributed by atoms with Gasteiger partial charge in [-0.15, -0.1) is 0 Å². The molecule has 6 atom stereocenters. The summed E-state index contributed by atoms with van der Waals surface area (Å²) in [7, 11) is 1.16. The van der Waals surface area contributed by atoms with E-state index in [0.717, 1.165) is 19.2 Å². The van der Waals surface area contributed by atoms with Crippen LogP contribution in [-0.2, 0) is 30.3 Å². The molecule has 2 aromatic carbocycles. The summed E-state index contributed by atoms with van der Waals surface area (Å²) in [4.78, 5) is 74.6. The first-order valence-electron chi connectivity index (χ1n) is 15.3. The van der Waals surface area contributed by atoms with Crippen LogP contribution in [-0.4, -0.2) is 82.3 Å². The van der Waals surface area contributed by atoms with Gasteiger partial charge in [0.15, 0.2) is 0 Å². The van der Waals surface area contributed by atoms with Crippen molar-refractivity contribution >= 4 is 35.6 Å². The lowest BCUT2D eigenvalue weighted by Crippen LogP contribution is -2.55. The van der Waals surface area contributed by atoms with Gasteiger partial charge in [0.05, 0.1) is 43.1 Å². The predicted octanol–water partition coefficient (Wildman–Crippen LogP) is 2.05. The van der Waals surface area contributed by atoms with E-state index in [1.54, 1.807) is 13.8 Å². The van der Waals surface area contributed by atoms with Gasteiger partial charge in [-0.3, -0.25) is 24.0 Å². The van der Waals surface area contributed by atoms with Crippen LogP contribution in [0.2, 0.25) is 0 Å². The van der Waals surface area contributed by atoms with Crippen LogP contribution < -0.4 is 16.0 Å². The number of carbonyl (C=O) groups is 6. The van der Waals surface area contributed by atoms with Crippen molar-refractivity contribution in [3.8, 4) is 0 Å². The van der Waals surface area contributed by atoms with Gasteiger partial charge in [-0.1, -0.05) is 19.9 Å². The van der Waals surface area contributed by atoms with Gasteiger partial charge in [-0.05, 0) is 67.5 Å². The van der Waals surface area contributed by atoms with Crippen LogP contribution in [0.15, 0.2) is 42.5 Å². The summed E-state index contributed by atoms with van der Waals surface area (Å²) in [5, 5.41) is 37.7. The Morgan fingerprint density at radius 3 is 2.00 bits per heavy atom. The maximum atomic E-state index is 14.0. The van der Waals surface area contributed by atoms with Crippen LogP contribution in [0.5, 0.6) is 0 Å². The van der Waals surface area contributed by atoms with Gasteiger partial charge >= 0.3 is 17.9 Å². The average Bonchev–Trinajstić information content (AvgIpc) is 3.01. The Morgan fingerprint density at radius 1 is 0.875 bits per heavy atom. The summed E-state index contributed by atoms with van der Waals surface area (Å²) in [6.45, 7) is 3.26. The van der Waals surface area contributed by atoms with Crippen molar-refractivity contribution in [2.24, 2.45) is 17.8 Å². The van der Waals surface area contributed by atoms with Gasteiger partial charge in [0.25, 0.3) is 5.91 Å². The van der Waals surface area contributed by atoms with Crippen LogP contribution in [0.1, 0.15) is 65.8 Å². The Balaban J connectivity index is 1.76. The fraction of sp³-hybridized carbons (Fsp3) is 0.455. The molecule has 48 heavy (non-hydrogen) atoms. The lowest BCUT2D eigenvalue weighted by molar-refractivity contribution is -0.149. The molecule has 0 spiro atoms. The highest BCUT2D eigenvalue weighted by atomic mass is 19.1. The van der Waals surface area contributed by atoms with Crippen molar-refractivity contribution in [1.82, 2.24) is 16.0 Å². The number of hydrogen-bond acceptors (Lipinski definition) is 8. The third-order valence-corrected chi connectivity index (χ3v) is 8.12. The number of carboxylic acid groups (broad SMARTS) is 2. The maximum absolute atomic E-state index is 14.0. The molecule has 0 aromatic heterocycles. The third-order valence-electron chi connectivity index (χ3n) is 8.12. The molecule has 0 heterocycles. The molecular weight excluding hydrogens is 636 g/mol. The molecule has 1 fully saturated rings. The second-order valence-corrected chi connectivity index (χ2v) is 12.2. The number of hydrogen-bond donors (Lipinski definition) is 6. The lowest BCUT2D eigenvalue weighted by atomic mass is 9.78. The van der Waals surface area contributed by atoms with E-state index in [2.05, 4.69) is 20.7 Å². The number of aliphatic carboxylic acids is 2. The number of benzene rings is 2. The molecule has 0 aliphatic heterocycles. The summed E-state index contributed by atoms with van der Waals surface area (Å²) in [6.07, 6.45) is -2.66. The van der Waals surface area contributed by atoms with Crippen molar-refractivity contribution in [2.75, 3.05) is 7.11 Å². The lowest BCUT2D eigenvalue weighted by Gasteiger charge is -2.33. The Bertz CT molecular complexity index is 1490. The van der Waals surface area contributed by atoms with Gasteiger partial charge in [0.2, 0.25) is 11.8 Å². The number of rotatable bonds is 14. The molecule has 1 aliphatic carbocycles. The standard InChI is InChI=1S/C33H39F2N3O10/c1-16(2)28(30(42)36-24-12-20(31(43)44)11-21(13-24)32(45)46)38-27(40)15-26(39)25(9-17-7-22(34)14-23(35)8-17)37-29(41)18-5-4-6-19(10-18)33(47)48-3/h4-8,10,14,16,20-21,24-26,28,39H,9,11-13,15H2,1-3H3,(H,36,42)(H,37,41)(H,38,40)(H,43,44)(H,45,46)/t20-,21?,24?,25-,26-,28-/m0/s1. The zero-order valence-electron chi connectivity index (χ0n) is 26.6.